The summed E-state index contributed by atoms with van der Waals surface area (Å²) in [5.41, 5.74) is 7.14. The van der Waals surface area contributed by atoms with Crippen LogP contribution in [0, 0.1) is 5.95 Å². The normalized spacial score (nSPS) is 16.0. The molecule has 0 fully saturated rings. The number of anilines is 1. The fourth-order valence-corrected chi connectivity index (χ4v) is 2.36. The summed E-state index contributed by atoms with van der Waals surface area (Å²) < 4.78 is 23.0. The van der Waals surface area contributed by atoms with E-state index in [9.17, 15) is 9.18 Å². The lowest BCUT2D eigenvalue weighted by Gasteiger charge is -2.08. The summed E-state index contributed by atoms with van der Waals surface area (Å²) in [5.74, 6) is -0.818. The van der Waals surface area contributed by atoms with E-state index < -0.39 is 12.0 Å². The van der Waals surface area contributed by atoms with E-state index in [-0.39, 0.29) is 17.9 Å². The molecule has 2 aromatic rings. The zero-order valence-corrected chi connectivity index (χ0v) is 13.3. The lowest BCUT2D eigenvalue weighted by Crippen LogP contribution is -2.17. The van der Waals surface area contributed by atoms with Gasteiger partial charge in [-0.25, -0.2) is 9.79 Å². The van der Waals surface area contributed by atoms with E-state index in [2.05, 4.69) is 15.3 Å². The van der Waals surface area contributed by atoms with Crippen molar-refractivity contribution in [2.45, 2.75) is 18.9 Å². The van der Waals surface area contributed by atoms with Crippen molar-refractivity contribution in [2.75, 3.05) is 11.9 Å². The first-order chi connectivity index (χ1) is 12.1. The Labute approximate surface area is 143 Å². The standard InChI is InChI=1S/C17H17FN4O3/c18-14-2-1-3-15(22-14)25-17(23)21-12-7-4-11(5-8-12)6-9-13-10-24-16(19)20-13/h1-5,7-8,13H,6,9-10H2,(H2,19,20)(H,21,23)/t13-/m0/s1. The van der Waals surface area contributed by atoms with Crippen LogP contribution in [0.2, 0.25) is 0 Å². The van der Waals surface area contributed by atoms with Crippen LogP contribution in [0.15, 0.2) is 47.5 Å². The molecule has 7 nitrogen and oxygen atoms in total. The van der Waals surface area contributed by atoms with Crippen LogP contribution >= 0.6 is 0 Å². The molecular formula is C17H17FN4O3. The quantitative estimate of drug-likeness (QED) is 0.812. The topological polar surface area (TPSA) is 98.8 Å². The third-order valence-corrected chi connectivity index (χ3v) is 3.59. The smallest absolute Gasteiger partial charge is 0.418 e. The van der Waals surface area contributed by atoms with Crippen molar-refractivity contribution in [1.82, 2.24) is 4.98 Å². The highest BCUT2D eigenvalue weighted by Crippen LogP contribution is 2.15. The molecule has 1 amide bonds. The lowest BCUT2D eigenvalue weighted by molar-refractivity contribution is 0.213. The third kappa shape index (κ3) is 4.90. The van der Waals surface area contributed by atoms with E-state index in [1.165, 1.54) is 18.2 Å². The van der Waals surface area contributed by atoms with E-state index in [0.717, 1.165) is 18.4 Å². The number of benzene rings is 1. The van der Waals surface area contributed by atoms with E-state index in [1.54, 1.807) is 12.1 Å². The number of amidine groups is 1. The molecule has 0 bridgehead atoms. The Bertz CT molecular complexity index is 780. The van der Waals surface area contributed by atoms with Gasteiger partial charge in [0.05, 0.1) is 6.04 Å². The fourth-order valence-electron chi connectivity index (χ4n) is 2.36. The van der Waals surface area contributed by atoms with Crippen LogP contribution in [0.4, 0.5) is 14.9 Å². The zero-order chi connectivity index (χ0) is 17.6. The predicted octanol–water partition coefficient (Wildman–Crippen LogP) is 2.48. The summed E-state index contributed by atoms with van der Waals surface area (Å²) in [6.45, 7) is 0.519. The number of rotatable bonds is 5. The minimum atomic E-state index is -0.737. The van der Waals surface area contributed by atoms with Crippen molar-refractivity contribution in [3.05, 3.63) is 54.0 Å². The molecule has 2 heterocycles. The number of aryl methyl sites for hydroxylation is 1. The monoisotopic (exact) mass is 344 g/mol. The number of hydrogen-bond acceptors (Lipinski definition) is 6. The minimum absolute atomic E-state index is 0.0894. The second-order valence-corrected chi connectivity index (χ2v) is 5.48. The number of nitrogens with two attached hydrogens (primary N) is 1. The highest BCUT2D eigenvalue weighted by Gasteiger charge is 2.16. The van der Waals surface area contributed by atoms with Crippen molar-refractivity contribution < 1.29 is 18.7 Å². The molecule has 1 atom stereocenters. The van der Waals surface area contributed by atoms with Crippen molar-refractivity contribution in [3.63, 3.8) is 0 Å². The molecule has 3 rings (SSSR count). The van der Waals surface area contributed by atoms with E-state index >= 15 is 0 Å². The average molecular weight is 344 g/mol. The van der Waals surface area contributed by atoms with Crippen LogP contribution in [-0.4, -0.2) is 29.7 Å². The number of carbonyl (C=O) groups excluding carboxylic acids is 1. The molecule has 0 unspecified atom stereocenters. The van der Waals surface area contributed by atoms with Gasteiger partial charge in [0, 0.05) is 11.8 Å². The first-order valence-corrected chi connectivity index (χ1v) is 7.75. The second kappa shape index (κ2) is 7.61. The Morgan fingerprint density at radius 2 is 2.12 bits per heavy atom. The number of nitrogens with zero attached hydrogens (tertiary/aromatic N) is 2. The lowest BCUT2D eigenvalue weighted by atomic mass is 10.1. The molecule has 0 saturated carbocycles. The zero-order valence-electron chi connectivity index (χ0n) is 13.3. The van der Waals surface area contributed by atoms with Crippen molar-refractivity contribution in [3.8, 4) is 5.88 Å². The SMILES string of the molecule is NC1=N[C@@H](CCc2ccc(NC(=O)Oc3cccc(F)n3)cc2)CO1. The Morgan fingerprint density at radius 1 is 1.32 bits per heavy atom. The number of aliphatic imine (C=N–C) groups is 1. The van der Waals surface area contributed by atoms with Crippen LogP contribution in [0.5, 0.6) is 5.88 Å². The van der Waals surface area contributed by atoms with Gasteiger partial charge in [-0.2, -0.15) is 9.37 Å². The molecule has 1 aliphatic rings. The first-order valence-electron chi connectivity index (χ1n) is 7.75. The van der Waals surface area contributed by atoms with E-state index in [1.807, 2.05) is 12.1 Å². The Hall–Kier alpha value is -3.16. The summed E-state index contributed by atoms with van der Waals surface area (Å²) in [6.07, 6.45) is 0.919. The number of amides is 1. The van der Waals surface area contributed by atoms with Gasteiger partial charge in [0.25, 0.3) is 6.02 Å². The van der Waals surface area contributed by atoms with E-state index in [4.69, 9.17) is 15.2 Å². The van der Waals surface area contributed by atoms with Crippen molar-refractivity contribution in [1.29, 1.82) is 0 Å². The predicted molar refractivity (Wildman–Crippen MR) is 90.0 cm³/mol. The third-order valence-electron chi connectivity index (χ3n) is 3.59. The van der Waals surface area contributed by atoms with Crippen molar-refractivity contribution in [2.24, 2.45) is 10.7 Å². The van der Waals surface area contributed by atoms with Crippen LogP contribution in [0.25, 0.3) is 0 Å². The van der Waals surface area contributed by atoms with Gasteiger partial charge >= 0.3 is 6.09 Å². The van der Waals surface area contributed by atoms with Gasteiger partial charge < -0.3 is 15.2 Å². The van der Waals surface area contributed by atoms with Crippen LogP contribution in [0.1, 0.15) is 12.0 Å². The number of ether oxygens (including phenoxy) is 2. The molecule has 1 aromatic carbocycles. The number of halogens is 1. The van der Waals surface area contributed by atoms with Gasteiger partial charge in [-0.3, -0.25) is 5.32 Å². The highest BCUT2D eigenvalue weighted by molar-refractivity contribution is 5.86. The number of nitrogens with one attached hydrogen (secondary N) is 1. The van der Waals surface area contributed by atoms with Gasteiger partial charge in [0.2, 0.25) is 11.8 Å². The first kappa shape index (κ1) is 16.7. The summed E-state index contributed by atoms with van der Waals surface area (Å²) in [7, 11) is 0. The second-order valence-electron chi connectivity index (χ2n) is 5.48. The van der Waals surface area contributed by atoms with Crippen molar-refractivity contribution >= 4 is 17.8 Å². The van der Waals surface area contributed by atoms with Crippen LogP contribution in [-0.2, 0) is 11.2 Å². The molecule has 0 aliphatic carbocycles. The molecule has 3 N–H and O–H groups in total. The van der Waals surface area contributed by atoms with Gasteiger partial charge in [-0.15, -0.1) is 0 Å². The molecule has 0 spiro atoms. The number of pyridine rings is 1. The molecule has 1 aliphatic heterocycles. The number of hydrogen-bond donors (Lipinski definition) is 2. The molecule has 1 aromatic heterocycles. The fraction of sp³-hybridized carbons (Fsp3) is 0.235. The highest BCUT2D eigenvalue weighted by atomic mass is 19.1. The van der Waals surface area contributed by atoms with Gasteiger partial charge in [0.1, 0.15) is 6.61 Å². The van der Waals surface area contributed by atoms with Crippen LogP contribution < -0.4 is 15.8 Å². The molecule has 0 saturated heterocycles. The van der Waals surface area contributed by atoms with Gasteiger partial charge in [-0.1, -0.05) is 18.2 Å². The number of carbonyl (C=O) groups is 1. The molecular weight excluding hydrogens is 327 g/mol. The summed E-state index contributed by atoms with van der Waals surface area (Å²) in [5, 5.41) is 2.56. The summed E-state index contributed by atoms with van der Waals surface area (Å²) in [6, 6.07) is 11.6. The largest absolute Gasteiger partial charge is 0.463 e. The number of aromatic nitrogens is 1. The molecule has 25 heavy (non-hydrogen) atoms. The Kier molecular flexibility index (Phi) is 5.08. The Balaban J connectivity index is 1.49. The Morgan fingerprint density at radius 3 is 2.80 bits per heavy atom. The maximum absolute atomic E-state index is 12.9. The maximum Gasteiger partial charge on any atom is 0.418 e. The van der Waals surface area contributed by atoms with Crippen LogP contribution in [0.3, 0.4) is 0 Å². The molecule has 8 heteroatoms. The summed E-state index contributed by atoms with van der Waals surface area (Å²) in [4.78, 5) is 19.4. The molecule has 130 valence electrons. The minimum Gasteiger partial charge on any atom is -0.463 e. The van der Waals surface area contributed by atoms with Gasteiger partial charge in [-0.05, 0) is 36.6 Å². The maximum atomic E-state index is 12.9. The van der Waals surface area contributed by atoms with Gasteiger partial charge in [0.15, 0.2) is 0 Å². The average Bonchev–Trinajstić information content (AvgIpc) is 2.99. The molecule has 0 radical (unpaired) electrons. The summed E-state index contributed by atoms with van der Waals surface area (Å²) >= 11 is 0. The van der Waals surface area contributed by atoms with E-state index in [0.29, 0.717) is 12.3 Å².